The summed E-state index contributed by atoms with van der Waals surface area (Å²) in [4.78, 5) is 35.7. The van der Waals surface area contributed by atoms with Crippen LogP contribution < -0.4 is 0 Å². The van der Waals surface area contributed by atoms with Crippen LogP contribution in [0, 0.1) is 0 Å². The molecule has 15 heteroatoms. The molecular weight excluding hydrogens is 843 g/mol. The van der Waals surface area contributed by atoms with Gasteiger partial charge in [0.15, 0.2) is 6.10 Å². The first-order valence-corrected chi connectivity index (χ1v) is 24.6. The second kappa shape index (κ2) is 37.9. The summed E-state index contributed by atoms with van der Waals surface area (Å²) in [6.07, 6.45) is 33.3. The van der Waals surface area contributed by atoms with E-state index in [1.165, 1.54) is 19.3 Å². The molecule has 0 aromatic carbocycles. The quantitative estimate of drug-likeness (QED) is 0.0104. The Morgan fingerprint density at radius 1 is 0.578 bits per heavy atom. The zero-order valence-corrected chi connectivity index (χ0v) is 39.0. The Hall–Kier alpha value is -3.27. The van der Waals surface area contributed by atoms with Crippen molar-refractivity contribution >= 4 is 19.8 Å². The highest BCUT2D eigenvalue weighted by molar-refractivity contribution is 7.47. The number of phosphoric ester groups is 1. The molecule has 0 bridgehead atoms. The second-order valence-electron chi connectivity index (χ2n) is 15.7. The zero-order chi connectivity index (χ0) is 47.3. The summed E-state index contributed by atoms with van der Waals surface area (Å²) in [5, 5.41) is 60.5. The van der Waals surface area contributed by atoms with Crippen LogP contribution in [-0.4, -0.2) is 110 Å². The van der Waals surface area contributed by atoms with Crippen molar-refractivity contribution in [3.8, 4) is 0 Å². The smallest absolute Gasteiger partial charge is 0.462 e. The summed E-state index contributed by atoms with van der Waals surface area (Å²) in [6.45, 7) is 2.95. The molecule has 1 aliphatic carbocycles. The molecule has 64 heavy (non-hydrogen) atoms. The number of aliphatic hydroxyl groups excluding tert-OH is 6. The van der Waals surface area contributed by atoms with E-state index in [1.54, 1.807) is 12.2 Å². The zero-order valence-electron chi connectivity index (χ0n) is 38.1. The lowest BCUT2D eigenvalue weighted by atomic mass is 9.85. The van der Waals surface area contributed by atoms with Crippen LogP contribution in [0.1, 0.15) is 136 Å². The molecular formula is C49H79O14P. The number of esters is 2. The predicted molar refractivity (Wildman–Crippen MR) is 250 cm³/mol. The molecule has 0 spiro atoms. The molecule has 0 aromatic heterocycles. The van der Waals surface area contributed by atoms with Gasteiger partial charge in [0.1, 0.15) is 43.2 Å². The first kappa shape index (κ1) is 58.7. The molecule has 9 atom stereocenters. The van der Waals surface area contributed by atoms with Crippen LogP contribution in [0.15, 0.2) is 97.2 Å². The van der Waals surface area contributed by atoms with Crippen LogP contribution >= 0.6 is 7.82 Å². The summed E-state index contributed by atoms with van der Waals surface area (Å²) >= 11 is 0. The number of allylic oxidation sites excluding steroid dienone is 15. The number of carbonyl (C=O) groups excluding carboxylic acids is 2. The maximum Gasteiger partial charge on any atom is 0.472 e. The van der Waals surface area contributed by atoms with E-state index in [0.717, 1.165) is 70.6 Å². The fourth-order valence-electron chi connectivity index (χ4n) is 6.26. The van der Waals surface area contributed by atoms with Gasteiger partial charge in [-0.2, -0.15) is 0 Å². The second-order valence-corrected chi connectivity index (χ2v) is 17.1. The first-order valence-electron chi connectivity index (χ1n) is 23.1. The Morgan fingerprint density at radius 3 is 1.66 bits per heavy atom. The van der Waals surface area contributed by atoms with Crippen molar-refractivity contribution in [2.45, 2.75) is 185 Å². The molecule has 1 aliphatic rings. The van der Waals surface area contributed by atoms with Gasteiger partial charge >= 0.3 is 19.8 Å². The van der Waals surface area contributed by atoms with Crippen molar-refractivity contribution in [2.75, 3.05) is 13.2 Å². The monoisotopic (exact) mass is 923 g/mol. The number of ether oxygens (including phenoxy) is 2. The summed E-state index contributed by atoms with van der Waals surface area (Å²) in [6, 6.07) is 0. The summed E-state index contributed by atoms with van der Waals surface area (Å²) in [5.74, 6) is -1.34. The summed E-state index contributed by atoms with van der Waals surface area (Å²) < 4.78 is 33.4. The first-order chi connectivity index (χ1) is 30.8. The van der Waals surface area contributed by atoms with Gasteiger partial charge in [-0.3, -0.25) is 18.6 Å². The highest BCUT2D eigenvalue weighted by atomic mass is 31.2. The summed E-state index contributed by atoms with van der Waals surface area (Å²) in [7, 11) is -5.19. The number of hydrogen-bond acceptors (Lipinski definition) is 13. The molecule has 7 N–H and O–H groups in total. The molecule has 14 nitrogen and oxygen atoms in total. The minimum atomic E-state index is -5.19. The van der Waals surface area contributed by atoms with Gasteiger partial charge in [0.2, 0.25) is 0 Å². The van der Waals surface area contributed by atoms with Gasteiger partial charge in [-0.15, -0.1) is 0 Å². The normalized spacial score (nSPS) is 23.0. The maximum absolute atomic E-state index is 12.8. The number of aliphatic hydroxyl groups is 6. The largest absolute Gasteiger partial charge is 0.472 e. The molecule has 0 heterocycles. The Labute approximate surface area is 382 Å². The lowest BCUT2D eigenvalue weighted by Gasteiger charge is -2.41. The average Bonchev–Trinajstić information content (AvgIpc) is 3.27. The fourth-order valence-corrected chi connectivity index (χ4v) is 7.23. The van der Waals surface area contributed by atoms with Crippen LogP contribution in [0.3, 0.4) is 0 Å². The molecule has 1 fully saturated rings. The van der Waals surface area contributed by atoms with E-state index in [4.69, 9.17) is 18.5 Å². The summed E-state index contributed by atoms with van der Waals surface area (Å²) in [5.41, 5.74) is 0. The lowest BCUT2D eigenvalue weighted by Crippen LogP contribution is -2.64. The van der Waals surface area contributed by atoms with E-state index in [1.807, 2.05) is 12.2 Å². The number of hydrogen-bond donors (Lipinski definition) is 7. The molecule has 0 amide bonds. The molecule has 1 saturated carbocycles. The van der Waals surface area contributed by atoms with Gasteiger partial charge in [0, 0.05) is 12.8 Å². The number of carbonyl (C=O) groups is 2. The van der Waals surface area contributed by atoms with Crippen LogP contribution in [0.2, 0.25) is 0 Å². The highest BCUT2D eigenvalue weighted by Crippen LogP contribution is 2.47. The van der Waals surface area contributed by atoms with Crippen molar-refractivity contribution in [3.05, 3.63) is 97.2 Å². The third-order valence-electron chi connectivity index (χ3n) is 10.0. The van der Waals surface area contributed by atoms with Crippen molar-refractivity contribution in [2.24, 2.45) is 0 Å². The Kier molecular flexibility index (Phi) is 34.8. The van der Waals surface area contributed by atoms with Gasteiger partial charge in [-0.05, 0) is 83.5 Å². The van der Waals surface area contributed by atoms with Crippen molar-refractivity contribution in [1.82, 2.24) is 0 Å². The van der Waals surface area contributed by atoms with Gasteiger partial charge in [-0.1, -0.05) is 137 Å². The van der Waals surface area contributed by atoms with E-state index in [9.17, 15) is 49.7 Å². The molecule has 3 unspecified atom stereocenters. The van der Waals surface area contributed by atoms with Crippen molar-refractivity contribution in [1.29, 1.82) is 0 Å². The minimum Gasteiger partial charge on any atom is -0.462 e. The van der Waals surface area contributed by atoms with Gasteiger partial charge in [0.05, 0.1) is 12.7 Å². The van der Waals surface area contributed by atoms with Gasteiger partial charge < -0.3 is 45.0 Å². The van der Waals surface area contributed by atoms with E-state index in [2.05, 4.69) is 86.8 Å². The van der Waals surface area contributed by atoms with E-state index >= 15 is 0 Å². The Morgan fingerprint density at radius 2 is 1.08 bits per heavy atom. The maximum atomic E-state index is 12.8. The van der Waals surface area contributed by atoms with Gasteiger partial charge in [-0.25, -0.2) is 4.57 Å². The van der Waals surface area contributed by atoms with Gasteiger partial charge in [0.25, 0.3) is 0 Å². The molecule has 0 radical (unpaired) electrons. The number of unbranched alkanes of at least 4 members (excludes halogenated alkanes) is 7. The molecule has 0 aliphatic heterocycles. The van der Waals surface area contributed by atoms with Crippen LogP contribution in [0.25, 0.3) is 0 Å². The lowest BCUT2D eigenvalue weighted by molar-refractivity contribution is -0.220. The Bertz CT molecular complexity index is 1500. The highest BCUT2D eigenvalue weighted by Gasteiger charge is 2.51. The average molecular weight is 923 g/mol. The Balaban J connectivity index is 2.58. The third kappa shape index (κ3) is 30.0. The van der Waals surface area contributed by atoms with E-state index in [0.29, 0.717) is 6.42 Å². The van der Waals surface area contributed by atoms with Crippen LogP contribution in [-0.2, 0) is 32.7 Å². The molecule has 0 saturated heterocycles. The molecule has 0 aromatic rings. The van der Waals surface area contributed by atoms with E-state index in [-0.39, 0.29) is 25.7 Å². The fraction of sp³-hybridized carbons (Fsp3) is 0.633. The van der Waals surface area contributed by atoms with Crippen molar-refractivity contribution < 1.29 is 68.2 Å². The third-order valence-corrected chi connectivity index (χ3v) is 11.0. The number of rotatable bonds is 36. The van der Waals surface area contributed by atoms with E-state index < -0.39 is 81.8 Å². The topological polar surface area (TPSA) is 230 Å². The van der Waals surface area contributed by atoms with Crippen LogP contribution in [0.5, 0.6) is 0 Å². The van der Waals surface area contributed by atoms with Crippen LogP contribution in [0.4, 0.5) is 0 Å². The molecule has 364 valence electrons. The number of phosphoric acid groups is 1. The SMILES string of the molecule is CC/C=C\C/C=C\C/C=C\C/C=C\CCCCCCC(=O)OC[C@H](COP(=O)(O)OC1[C@H](O)[C@H](O)C(O)[C@H](O)[C@H]1O)OC(=O)CCC[C@@H](O)/C=C/C=C\C/C=C\C/C=C\CCCCC. The van der Waals surface area contributed by atoms with Crippen molar-refractivity contribution in [3.63, 3.8) is 0 Å². The minimum absolute atomic E-state index is 0.0925. The molecule has 1 rings (SSSR count). The standard InChI is InChI=1S/C49H79O14P/c1-3-5-7-9-11-13-15-17-18-19-20-22-24-26-28-30-32-36-42(51)60-38-41(39-61-64(58,59)63-49-47(56)45(54)44(53)46(55)48(49)57)62-43(52)37-33-35-40(50)34-31-29-27-25-23-21-16-14-12-10-8-6-4-2/h5,7,11-14,17-18,20-23,27,29,31,34,40-41,44-50,53-57H,3-4,6,8-10,15-16,19,24-26,28,30,32-33,35-39H2,1-2H3,(H,58,59)/b7-5-,13-11-,14-12-,18-17-,22-20-,23-21-,29-27-,34-31+/t40-,41+,44?,45-,46+,47+,48+,49?/m0/s1. The predicted octanol–water partition coefficient (Wildman–Crippen LogP) is 8.02.